The van der Waals surface area contributed by atoms with Crippen LogP contribution in [0.2, 0.25) is 0 Å². The normalized spacial score (nSPS) is 12.9. The van der Waals surface area contributed by atoms with E-state index >= 15 is 0 Å². The van der Waals surface area contributed by atoms with Crippen LogP contribution >= 0.6 is 0 Å². The molecule has 0 aromatic heterocycles. The molecule has 0 aliphatic carbocycles. The average Bonchev–Trinajstić information content (AvgIpc) is 2.65. The molecule has 0 saturated heterocycles. The monoisotopic (exact) mass is 354 g/mol. The molecule has 0 saturated carbocycles. The van der Waals surface area contributed by atoms with Crippen molar-refractivity contribution in [3.05, 3.63) is 71.8 Å². The van der Waals surface area contributed by atoms with Gasteiger partial charge in [0, 0.05) is 0 Å². The number of carbonyl (C=O) groups is 2. The number of rotatable bonds is 7. The standard InChI is InChI=1S/C21H26N2O3/c1-15(2)19(20(24)22-16(3)18-12-8-5-9-13-18)23-21(25)26-14-17-10-6-4-7-11-17/h4-13,15-16,19H,14H2,1-3H3,(H,22,24)(H,23,25). The van der Waals surface area contributed by atoms with Crippen LogP contribution in [-0.2, 0) is 16.1 Å². The molecule has 0 spiro atoms. The molecule has 5 heteroatoms. The van der Waals surface area contributed by atoms with Gasteiger partial charge in [0.15, 0.2) is 0 Å². The van der Waals surface area contributed by atoms with Crippen molar-refractivity contribution >= 4 is 12.0 Å². The van der Waals surface area contributed by atoms with Gasteiger partial charge in [-0.3, -0.25) is 4.79 Å². The van der Waals surface area contributed by atoms with E-state index in [1.54, 1.807) is 0 Å². The lowest BCUT2D eigenvalue weighted by molar-refractivity contribution is -0.124. The summed E-state index contributed by atoms with van der Waals surface area (Å²) in [6.07, 6.45) is -0.602. The second-order valence-electron chi connectivity index (χ2n) is 6.57. The number of alkyl carbamates (subject to hydrolysis) is 1. The lowest BCUT2D eigenvalue weighted by Crippen LogP contribution is -2.50. The predicted molar refractivity (Wildman–Crippen MR) is 101 cm³/mol. The van der Waals surface area contributed by atoms with Crippen molar-refractivity contribution in [1.29, 1.82) is 0 Å². The van der Waals surface area contributed by atoms with Crippen molar-refractivity contribution in [3.8, 4) is 0 Å². The molecule has 5 nitrogen and oxygen atoms in total. The Hall–Kier alpha value is -2.82. The number of amides is 2. The van der Waals surface area contributed by atoms with E-state index in [0.717, 1.165) is 11.1 Å². The quantitative estimate of drug-likeness (QED) is 0.794. The van der Waals surface area contributed by atoms with Crippen molar-refractivity contribution in [2.24, 2.45) is 5.92 Å². The first-order chi connectivity index (χ1) is 12.5. The zero-order chi connectivity index (χ0) is 18.9. The molecule has 0 bridgehead atoms. The molecule has 2 aromatic carbocycles. The molecule has 0 aliphatic heterocycles. The second kappa shape index (κ2) is 9.61. The lowest BCUT2D eigenvalue weighted by atomic mass is 10.0. The van der Waals surface area contributed by atoms with Gasteiger partial charge in [-0.2, -0.15) is 0 Å². The SMILES string of the molecule is CC(NC(=O)C(NC(=O)OCc1ccccc1)C(C)C)c1ccccc1. The van der Waals surface area contributed by atoms with Crippen LogP contribution in [0, 0.1) is 5.92 Å². The fraction of sp³-hybridized carbons (Fsp3) is 0.333. The number of benzene rings is 2. The Balaban J connectivity index is 1.90. The van der Waals surface area contributed by atoms with E-state index in [-0.39, 0.29) is 24.5 Å². The Morgan fingerprint density at radius 2 is 1.46 bits per heavy atom. The van der Waals surface area contributed by atoms with Gasteiger partial charge in [0.25, 0.3) is 0 Å². The van der Waals surface area contributed by atoms with E-state index in [4.69, 9.17) is 4.74 Å². The van der Waals surface area contributed by atoms with Gasteiger partial charge < -0.3 is 15.4 Å². The number of hydrogen-bond donors (Lipinski definition) is 2. The van der Waals surface area contributed by atoms with Crippen LogP contribution < -0.4 is 10.6 Å². The molecule has 0 aliphatic rings. The molecule has 2 aromatic rings. The third-order valence-electron chi connectivity index (χ3n) is 4.09. The van der Waals surface area contributed by atoms with Crippen LogP contribution in [0.4, 0.5) is 4.79 Å². The van der Waals surface area contributed by atoms with E-state index in [2.05, 4.69) is 10.6 Å². The first kappa shape index (κ1) is 19.5. The molecule has 0 heterocycles. The van der Waals surface area contributed by atoms with Gasteiger partial charge in [-0.25, -0.2) is 4.79 Å². The summed E-state index contributed by atoms with van der Waals surface area (Å²) in [4.78, 5) is 24.7. The summed E-state index contributed by atoms with van der Waals surface area (Å²) in [7, 11) is 0. The van der Waals surface area contributed by atoms with E-state index < -0.39 is 12.1 Å². The molecule has 0 radical (unpaired) electrons. The van der Waals surface area contributed by atoms with Crippen molar-refractivity contribution in [2.45, 2.75) is 39.5 Å². The number of carbonyl (C=O) groups excluding carboxylic acids is 2. The van der Waals surface area contributed by atoms with Gasteiger partial charge in [0.05, 0.1) is 6.04 Å². The Morgan fingerprint density at radius 1 is 0.885 bits per heavy atom. The molecule has 2 amide bonds. The molecule has 2 rings (SSSR count). The van der Waals surface area contributed by atoms with Crippen molar-refractivity contribution < 1.29 is 14.3 Å². The van der Waals surface area contributed by atoms with Gasteiger partial charge in [-0.1, -0.05) is 74.5 Å². The molecule has 138 valence electrons. The minimum Gasteiger partial charge on any atom is -0.445 e. The van der Waals surface area contributed by atoms with Gasteiger partial charge in [-0.05, 0) is 24.0 Å². The molecule has 2 N–H and O–H groups in total. The first-order valence-electron chi connectivity index (χ1n) is 8.80. The van der Waals surface area contributed by atoms with Crippen LogP contribution in [0.3, 0.4) is 0 Å². The summed E-state index contributed by atoms with van der Waals surface area (Å²) in [6.45, 7) is 5.85. The number of ether oxygens (including phenoxy) is 1. The highest BCUT2D eigenvalue weighted by molar-refractivity contribution is 5.86. The largest absolute Gasteiger partial charge is 0.445 e. The Kier molecular flexibility index (Phi) is 7.21. The first-order valence-corrected chi connectivity index (χ1v) is 8.80. The zero-order valence-corrected chi connectivity index (χ0v) is 15.4. The van der Waals surface area contributed by atoms with Crippen molar-refractivity contribution in [2.75, 3.05) is 0 Å². The Bertz CT molecular complexity index is 702. The topological polar surface area (TPSA) is 67.4 Å². The maximum atomic E-state index is 12.6. The summed E-state index contributed by atoms with van der Waals surface area (Å²) in [5.74, 6) is -0.296. The summed E-state index contributed by atoms with van der Waals surface area (Å²) < 4.78 is 5.22. The van der Waals surface area contributed by atoms with Crippen LogP contribution in [0.5, 0.6) is 0 Å². The van der Waals surface area contributed by atoms with Gasteiger partial charge in [-0.15, -0.1) is 0 Å². The summed E-state index contributed by atoms with van der Waals surface area (Å²) in [5, 5.41) is 5.62. The fourth-order valence-electron chi connectivity index (χ4n) is 2.55. The van der Waals surface area contributed by atoms with Gasteiger partial charge in [0.2, 0.25) is 5.91 Å². The molecule has 2 atom stereocenters. The number of nitrogens with one attached hydrogen (secondary N) is 2. The second-order valence-corrected chi connectivity index (χ2v) is 6.57. The average molecular weight is 354 g/mol. The zero-order valence-electron chi connectivity index (χ0n) is 15.4. The third kappa shape index (κ3) is 5.92. The minimum atomic E-state index is -0.663. The van der Waals surface area contributed by atoms with E-state index in [1.165, 1.54) is 0 Å². The third-order valence-corrected chi connectivity index (χ3v) is 4.09. The predicted octanol–water partition coefficient (Wildman–Crippen LogP) is 3.81. The summed E-state index contributed by atoms with van der Waals surface area (Å²) in [6, 6.07) is 18.3. The van der Waals surface area contributed by atoms with Crippen LogP contribution in [0.25, 0.3) is 0 Å². The smallest absolute Gasteiger partial charge is 0.408 e. The minimum absolute atomic E-state index is 0.0674. The molecule has 2 unspecified atom stereocenters. The highest BCUT2D eigenvalue weighted by Gasteiger charge is 2.26. The van der Waals surface area contributed by atoms with Crippen molar-refractivity contribution in [1.82, 2.24) is 10.6 Å². The maximum Gasteiger partial charge on any atom is 0.408 e. The summed E-state index contributed by atoms with van der Waals surface area (Å²) >= 11 is 0. The van der Waals surface area contributed by atoms with E-state index in [1.807, 2.05) is 81.4 Å². The van der Waals surface area contributed by atoms with Crippen LogP contribution in [-0.4, -0.2) is 18.0 Å². The van der Waals surface area contributed by atoms with Crippen LogP contribution in [0.1, 0.15) is 37.9 Å². The highest BCUT2D eigenvalue weighted by Crippen LogP contribution is 2.13. The number of hydrogen-bond acceptors (Lipinski definition) is 3. The highest BCUT2D eigenvalue weighted by atomic mass is 16.5. The Morgan fingerprint density at radius 3 is 2.04 bits per heavy atom. The maximum absolute atomic E-state index is 12.6. The lowest BCUT2D eigenvalue weighted by Gasteiger charge is -2.24. The van der Waals surface area contributed by atoms with E-state index in [9.17, 15) is 9.59 Å². The van der Waals surface area contributed by atoms with Gasteiger partial charge in [0.1, 0.15) is 12.6 Å². The van der Waals surface area contributed by atoms with Crippen molar-refractivity contribution in [3.63, 3.8) is 0 Å². The molecular formula is C21H26N2O3. The van der Waals surface area contributed by atoms with E-state index in [0.29, 0.717) is 0 Å². The molecular weight excluding hydrogens is 328 g/mol. The van der Waals surface area contributed by atoms with Gasteiger partial charge >= 0.3 is 6.09 Å². The summed E-state index contributed by atoms with van der Waals surface area (Å²) in [5.41, 5.74) is 1.90. The Labute approximate surface area is 154 Å². The van der Waals surface area contributed by atoms with Crippen LogP contribution in [0.15, 0.2) is 60.7 Å². The fourth-order valence-corrected chi connectivity index (χ4v) is 2.55. The molecule has 26 heavy (non-hydrogen) atoms. The molecule has 0 fully saturated rings.